The first-order chi connectivity index (χ1) is 15.2. The second kappa shape index (κ2) is 24.4. The van der Waals surface area contributed by atoms with Crippen LogP contribution >= 0.6 is 0 Å². The Bertz CT molecular complexity index is 347. The van der Waals surface area contributed by atoms with Crippen LogP contribution in [0.15, 0.2) is 12.2 Å². The molecule has 186 valence electrons. The van der Waals surface area contributed by atoms with E-state index < -0.39 is 0 Å². The lowest BCUT2D eigenvalue weighted by molar-refractivity contribution is 0.257. The Morgan fingerprint density at radius 2 is 0.774 bits per heavy atom. The zero-order chi connectivity index (χ0) is 23.0. The molecule has 0 heterocycles. The lowest BCUT2D eigenvalue weighted by atomic mass is 9.78. The van der Waals surface area contributed by atoms with Crippen molar-refractivity contribution in [1.82, 2.24) is 0 Å². The van der Waals surface area contributed by atoms with Crippen LogP contribution in [-0.2, 0) is 0 Å². The summed E-state index contributed by atoms with van der Waals surface area (Å²) >= 11 is 0. The van der Waals surface area contributed by atoms with Gasteiger partial charge in [-0.25, -0.2) is 0 Å². The summed E-state index contributed by atoms with van der Waals surface area (Å²) in [6.45, 7) is 13.5. The summed E-state index contributed by atoms with van der Waals surface area (Å²) in [5, 5.41) is 0. The van der Waals surface area contributed by atoms with Crippen LogP contribution in [0.1, 0.15) is 175 Å². The predicted octanol–water partition coefficient (Wildman–Crippen LogP) is 11.8. The van der Waals surface area contributed by atoms with Crippen LogP contribution in [0, 0.1) is 11.8 Å². The molecule has 1 atom stereocenters. The van der Waals surface area contributed by atoms with Crippen LogP contribution in [0.25, 0.3) is 0 Å². The van der Waals surface area contributed by atoms with Crippen molar-refractivity contribution in [2.24, 2.45) is 11.8 Å². The molecule has 0 aliphatic heterocycles. The van der Waals surface area contributed by atoms with Gasteiger partial charge < -0.3 is 0 Å². The molecule has 0 spiro atoms. The first-order valence-electron chi connectivity index (χ1n) is 14.8. The van der Waals surface area contributed by atoms with E-state index in [0.29, 0.717) is 0 Å². The molecule has 0 fully saturated rings. The second-order valence-corrected chi connectivity index (χ2v) is 10.7. The molecule has 0 aromatic heterocycles. The number of hydrogen-bond donors (Lipinski definition) is 0. The molecule has 0 aliphatic carbocycles. The number of rotatable bonds is 25. The smallest absolute Gasteiger partial charge is 0.0295 e. The van der Waals surface area contributed by atoms with E-state index in [1.165, 1.54) is 153 Å². The van der Waals surface area contributed by atoms with Crippen molar-refractivity contribution in [3.63, 3.8) is 0 Å². The standard InChI is InChI=1S/C31H62/c1-6-9-12-13-14-15-16-17-18-19-20-21-22-23-24-27-31(28-29(4)5)30(25-10-7-2)26-11-8-3/h30-31H,4,6-28H2,1-3,5H3. The molecule has 0 aromatic carbocycles. The van der Waals surface area contributed by atoms with Crippen LogP contribution in [0.2, 0.25) is 0 Å². The minimum Gasteiger partial charge on any atom is -0.100 e. The van der Waals surface area contributed by atoms with Crippen molar-refractivity contribution in [3.05, 3.63) is 12.2 Å². The van der Waals surface area contributed by atoms with E-state index >= 15 is 0 Å². The Morgan fingerprint density at radius 1 is 0.452 bits per heavy atom. The largest absolute Gasteiger partial charge is 0.100 e. The van der Waals surface area contributed by atoms with E-state index in [9.17, 15) is 0 Å². The van der Waals surface area contributed by atoms with Crippen LogP contribution < -0.4 is 0 Å². The second-order valence-electron chi connectivity index (χ2n) is 10.7. The van der Waals surface area contributed by atoms with Crippen molar-refractivity contribution in [3.8, 4) is 0 Å². The van der Waals surface area contributed by atoms with Crippen LogP contribution in [-0.4, -0.2) is 0 Å². The van der Waals surface area contributed by atoms with Crippen molar-refractivity contribution in [1.29, 1.82) is 0 Å². The maximum Gasteiger partial charge on any atom is -0.0295 e. The highest BCUT2D eigenvalue weighted by Gasteiger charge is 2.20. The topological polar surface area (TPSA) is 0 Å². The Hall–Kier alpha value is -0.260. The fraction of sp³-hybridized carbons (Fsp3) is 0.935. The highest BCUT2D eigenvalue weighted by atomic mass is 14.3. The van der Waals surface area contributed by atoms with Gasteiger partial charge in [0.25, 0.3) is 0 Å². The van der Waals surface area contributed by atoms with E-state index in [-0.39, 0.29) is 0 Å². The maximum absolute atomic E-state index is 4.26. The molecular weight excluding hydrogens is 372 g/mol. The Balaban J connectivity index is 3.78. The van der Waals surface area contributed by atoms with E-state index in [2.05, 4.69) is 34.3 Å². The van der Waals surface area contributed by atoms with Gasteiger partial charge in [-0.05, 0) is 31.6 Å². The summed E-state index contributed by atoms with van der Waals surface area (Å²) in [6, 6.07) is 0. The third kappa shape index (κ3) is 21.3. The van der Waals surface area contributed by atoms with Gasteiger partial charge >= 0.3 is 0 Å². The number of allylic oxidation sites excluding steroid dienone is 1. The highest BCUT2D eigenvalue weighted by Crippen LogP contribution is 2.33. The molecular formula is C31H62. The maximum atomic E-state index is 4.26. The molecule has 0 heteroatoms. The quantitative estimate of drug-likeness (QED) is 0.0989. The molecule has 0 aromatic rings. The molecule has 0 radical (unpaired) electrons. The van der Waals surface area contributed by atoms with Gasteiger partial charge in [0.15, 0.2) is 0 Å². The van der Waals surface area contributed by atoms with Gasteiger partial charge in [0.05, 0.1) is 0 Å². The molecule has 0 saturated heterocycles. The molecule has 0 aliphatic rings. The van der Waals surface area contributed by atoms with Gasteiger partial charge in [0, 0.05) is 0 Å². The predicted molar refractivity (Wildman–Crippen MR) is 145 cm³/mol. The third-order valence-electron chi connectivity index (χ3n) is 7.31. The van der Waals surface area contributed by atoms with E-state index in [0.717, 1.165) is 11.8 Å². The van der Waals surface area contributed by atoms with E-state index in [1.54, 1.807) is 0 Å². The Kier molecular flexibility index (Phi) is 24.2. The van der Waals surface area contributed by atoms with Gasteiger partial charge in [-0.2, -0.15) is 0 Å². The van der Waals surface area contributed by atoms with Crippen molar-refractivity contribution in [2.75, 3.05) is 0 Å². The summed E-state index contributed by atoms with van der Waals surface area (Å²) in [5.41, 5.74) is 1.41. The SMILES string of the molecule is C=C(C)CC(CCCCCCCCCCCCCCCCC)C(CCCC)CCCC. The molecule has 0 N–H and O–H groups in total. The Morgan fingerprint density at radius 3 is 1.13 bits per heavy atom. The zero-order valence-electron chi connectivity index (χ0n) is 22.6. The third-order valence-corrected chi connectivity index (χ3v) is 7.31. The summed E-state index contributed by atoms with van der Waals surface area (Å²) in [5.74, 6) is 1.85. The lowest BCUT2D eigenvalue weighted by Gasteiger charge is -2.28. The summed E-state index contributed by atoms with van der Waals surface area (Å²) in [4.78, 5) is 0. The molecule has 0 amide bonds. The van der Waals surface area contributed by atoms with E-state index in [1.807, 2.05) is 0 Å². The van der Waals surface area contributed by atoms with Crippen molar-refractivity contribution < 1.29 is 0 Å². The van der Waals surface area contributed by atoms with Gasteiger partial charge in [0.1, 0.15) is 0 Å². The molecule has 1 unspecified atom stereocenters. The Labute approximate surface area is 199 Å². The lowest BCUT2D eigenvalue weighted by Crippen LogP contribution is -2.16. The van der Waals surface area contributed by atoms with Gasteiger partial charge in [0.2, 0.25) is 0 Å². The van der Waals surface area contributed by atoms with Gasteiger partial charge in [-0.1, -0.05) is 161 Å². The van der Waals surface area contributed by atoms with Crippen molar-refractivity contribution >= 4 is 0 Å². The van der Waals surface area contributed by atoms with Gasteiger partial charge in [-0.15, -0.1) is 6.58 Å². The zero-order valence-corrected chi connectivity index (χ0v) is 22.6. The number of unbranched alkanes of at least 4 members (excludes halogenated alkanes) is 16. The monoisotopic (exact) mass is 434 g/mol. The average molecular weight is 435 g/mol. The molecule has 0 bridgehead atoms. The van der Waals surface area contributed by atoms with Crippen LogP contribution in [0.3, 0.4) is 0 Å². The van der Waals surface area contributed by atoms with Crippen LogP contribution in [0.4, 0.5) is 0 Å². The minimum atomic E-state index is 0.901. The summed E-state index contributed by atoms with van der Waals surface area (Å²) < 4.78 is 0. The fourth-order valence-corrected chi connectivity index (χ4v) is 5.28. The first kappa shape index (κ1) is 30.7. The van der Waals surface area contributed by atoms with Gasteiger partial charge in [-0.3, -0.25) is 0 Å². The normalized spacial score (nSPS) is 12.5. The molecule has 0 nitrogen and oxygen atoms in total. The number of hydrogen-bond acceptors (Lipinski definition) is 0. The highest BCUT2D eigenvalue weighted by molar-refractivity contribution is 4.92. The molecule has 31 heavy (non-hydrogen) atoms. The average Bonchev–Trinajstić information content (AvgIpc) is 2.75. The van der Waals surface area contributed by atoms with E-state index in [4.69, 9.17) is 0 Å². The first-order valence-corrected chi connectivity index (χ1v) is 14.8. The summed E-state index contributed by atoms with van der Waals surface area (Å²) in [6.07, 6.45) is 33.1. The van der Waals surface area contributed by atoms with Crippen molar-refractivity contribution in [2.45, 2.75) is 175 Å². The fourth-order valence-electron chi connectivity index (χ4n) is 5.28. The molecule has 0 saturated carbocycles. The summed E-state index contributed by atoms with van der Waals surface area (Å²) in [7, 11) is 0. The minimum absolute atomic E-state index is 0.901. The molecule has 0 rings (SSSR count). The van der Waals surface area contributed by atoms with Crippen LogP contribution in [0.5, 0.6) is 0 Å².